The minimum atomic E-state index is -0.689. The van der Waals surface area contributed by atoms with Gasteiger partial charge in [-0.1, -0.05) is 11.6 Å². The maximum Gasteiger partial charge on any atom is 0.427 e. The third-order valence-corrected chi connectivity index (χ3v) is 3.02. The smallest absolute Gasteiger partial charge is 0.427 e. The van der Waals surface area contributed by atoms with Crippen LogP contribution in [0.2, 0.25) is 5.15 Å². The van der Waals surface area contributed by atoms with Gasteiger partial charge in [-0.3, -0.25) is 0 Å². The first-order chi connectivity index (χ1) is 10.0. The molecule has 21 heavy (non-hydrogen) atoms. The highest BCUT2D eigenvalue weighted by atomic mass is 35.5. The molecule has 0 radical (unpaired) electrons. The van der Waals surface area contributed by atoms with Crippen LogP contribution in [0.15, 0.2) is 29.4 Å². The van der Waals surface area contributed by atoms with E-state index in [1.165, 1.54) is 30.1 Å². The van der Waals surface area contributed by atoms with Gasteiger partial charge in [-0.25, -0.2) is 19.3 Å². The number of aryl methyl sites for hydroxylation is 1. The summed E-state index contributed by atoms with van der Waals surface area (Å²) in [5.74, 6) is -0.345. The lowest BCUT2D eigenvalue weighted by atomic mass is 10.3. The monoisotopic (exact) mass is 310 g/mol. The second-order valence-electron chi connectivity index (χ2n) is 4.04. The lowest BCUT2D eigenvalue weighted by Gasteiger charge is -2.02. The van der Waals surface area contributed by atoms with E-state index >= 15 is 0 Å². The van der Waals surface area contributed by atoms with Gasteiger partial charge in [0.05, 0.1) is 30.3 Å². The molecule has 0 spiro atoms. The van der Waals surface area contributed by atoms with Gasteiger partial charge in [-0.2, -0.15) is 10.2 Å². The van der Waals surface area contributed by atoms with Crippen molar-refractivity contribution in [3.63, 3.8) is 0 Å². The molecule has 1 aromatic carbocycles. The quantitative estimate of drug-likeness (QED) is 0.700. The third kappa shape index (κ3) is 3.38. The molecular formula is C13H12ClFN4O2. The van der Waals surface area contributed by atoms with Crippen molar-refractivity contribution in [2.45, 2.75) is 6.92 Å². The zero-order valence-corrected chi connectivity index (χ0v) is 12.1. The van der Waals surface area contributed by atoms with E-state index in [4.69, 9.17) is 11.6 Å². The van der Waals surface area contributed by atoms with Gasteiger partial charge in [0.1, 0.15) is 11.0 Å². The zero-order valence-electron chi connectivity index (χ0n) is 11.3. The van der Waals surface area contributed by atoms with Gasteiger partial charge in [0, 0.05) is 0 Å². The molecule has 0 saturated carbocycles. The number of carbonyl (C=O) groups is 1. The highest BCUT2D eigenvalue weighted by Crippen LogP contribution is 2.22. The van der Waals surface area contributed by atoms with Gasteiger partial charge < -0.3 is 4.74 Å². The molecule has 0 aliphatic heterocycles. The second kappa shape index (κ2) is 6.36. The molecule has 0 fully saturated rings. The van der Waals surface area contributed by atoms with Crippen LogP contribution in [0.5, 0.6) is 0 Å². The Labute approximate surface area is 125 Å². The van der Waals surface area contributed by atoms with E-state index in [-0.39, 0.29) is 5.82 Å². The average molecular weight is 311 g/mol. The van der Waals surface area contributed by atoms with E-state index in [0.29, 0.717) is 22.1 Å². The van der Waals surface area contributed by atoms with Crippen molar-refractivity contribution in [2.24, 2.45) is 5.10 Å². The largest absolute Gasteiger partial charge is 0.452 e. The van der Waals surface area contributed by atoms with Crippen molar-refractivity contribution in [3.8, 4) is 5.69 Å². The summed E-state index contributed by atoms with van der Waals surface area (Å²) in [4.78, 5) is 10.9. The van der Waals surface area contributed by atoms with E-state index < -0.39 is 6.09 Å². The minimum absolute atomic E-state index is 0.300. The minimum Gasteiger partial charge on any atom is -0.452 e. The van der Waals surface area contributed by atoms with Crippen LogP contribution in [0.4, 0.5) is 9.18 Å². The van der Waals surface area contributed by atoms with Gasteiger partial charge >= 0.3 is 6.09 Å². The highest BCUT2D eigenvalue weighted by Gasteiger charge is 2.13. The van der Waals surface area contributed by atoms with E-state index in [1.54, 1.807) is 19.1 Å². The predicted octanol–water partition coefficient (Wildman–Crippen LogP) is 2.66. The van der Waals surface area contributed by atoms with Crippen LogP contribution in [0, 0.1) is 12.7 Å². The van der Waals surface area contributed by atoms with E-state index in [9.17, 15) is 9.18 Å². The predicted molar refractivity (Wildman–Crippen MR) is 76.4 cm³/mol. The molecule has 0 bridgehead atoms. The summed E-state index contributed by atoms with van der Waals surface area (Å²) in [5.41, 5.74) is 3.92. The SMILES string of the molecule is COC(=O)N/N=C\c1c(C)nn(-c2ccc(F)cc2)c1Cl. The van der Waals surface area contributed by atoms with E-state index in [0.717, 1.165) is 0 Å². The number of hydrogen-bond acceptors (Lipinski definition) is 4. The molecular weight excluding hydrogens is 299 g/mol. The Morgan fingerprint density at radius 1 is 1.48 bits per heavy atom. The molecule has 6 nitrogen and oxygen atoms in total. The van der Waals surface area contributed by atoms with Crippen LogP contribution < -0.4 is 5.43 Å². The summed E-state index contributed by atoms with van der Waals surface area (Å²) < 4.78 is 18.8. The molecule has 1 N–H and O–H groups in total. The fraction of sp³-hybridized carbons (Fsp3) is 0.154. The Balaban J connectivity index is 2.29. The maximum atomic E-state index is 12.9. The topological polar surface area (TPSA) is 68.5 Å². The maximum absolute atomic E-state index is 12.9. The molecule has 0 atom stereocenters. The summed E-state index contributed by atoms with van der Waals surface area (Å²) in [6.07, 6.45) is 0.674. The standard InChI is InChI=1S/C13H12ClFN4O2/c1-8-11(7-16-17-13(20)21-2)12(14)19(18-8)10-5-3-9(15)4-6-10/h3-7H,1-2H3,(H,17,20)/b16-7-. The van der Waals surface area contributed by atoms with E-state index in [1.807, 2.05) is 0 Å². The van der Waals surface area contributed by atoms with Crippen LogP contribution in [0.3, 0.4) is 0 Å². The van der Waals surface area contributed by atoms with Gasteiger partial charge in [0.15, 0.2) is 0 Å². The van der Waals surface area contributed by atoms with Crippen molar-refractivity contribution in [1.29, 1.82) is 0 Å². The van der Waals surface area contributed by atoms with Crippen LogP contribution in [-0.4, -0.2) is 29.2 Å². The Kier molecular flexibility index (Phi) is 4.54. The molecule has 1 heterocycles. The molecule has 1 aromatic heterocycles. The number of ether oxygens (including phenoxy) is 1. The Morgan fingerprint density at radius 2 is 2.14 bits per heavy atom. The number of halogens is 2. The fourth-order valence-electron chi connectivity index (χ4n) is 1.61. The van der Waals surface area contributed by atoms with Gasteiger partial charge in [-0.15, -0.1) is 0 Å². The summed E-state index contributed by atoms with van der Waals surface area (Å²) in [6, 6.07) is 5.74. The van der Waals surface area contributed by atoms with Crippen LogP contribution in [-0.2, 0) is 4.74 Å². The van der Waals surface area contributed by atoms with Crippen LogP contribution in [0.1, 0.15) is 11.3 Å². The lowest BCUT2D eigenvalue weighted by Crippen LogP contribution is -2.16. The van der Waals surface area contributed by atoms with Crippen molar-refractivity contribution < 1.29 is 13.9 Å². The molecule has 0 unspecified atom stereocenters. The molecule has 0 aliphatic carbocycles. The number of benzene rings is 1. The highest BCUT2D eigenvalue weighted by molar-refractivity contribution is 6.32. The second-order valence-corrected chi connectivity index (χ2v) is 4.40. The molecule has 110 valence electrons. The molecule has 0 saturated heterocycles. The van der Waals surface area contributed by atoms with Crippen LogP contribution >= 0.6 is 11.6 Å². The number of nitrogens with one attached hydrogen (secondary N) is 1. The zero-order chi connectivity index (χ0) is 15.4. The Morgan fingerprint density at radius 3 is 2.76 bits per heavy atom. The third-order valence-electron chi connectivity index (χ3n) is 2.65. The van der Waals surface area contributed by atoms with Gasteiger partial charge in [-0.05, 0) is 31.2 Å². The molecule has 8 heteroatoms. The van der Waals surface area contributed by atoms with Crippen molar-refractivity contribution in [1.82, 2.24) is 15.2 Å². The Hall–Kier alpha value is -2.41. The first-order valence-electron chi connectivity index (χ1n) is 5.91. The number of methoxy groups -OCH3 is 1. The lowest BCUT2D eigenvalue weighted by molar-refractivity contribution is 0.171. The summed E-state index contributed by atoms with van der Waals surface area (Å²) in [7, 11) is 1.23. The number of nitrogens with zero attached hydrogens (tertiary/aromatic N) is 3. The number of aromatic nitrogens is 2. The number of hydrogen-bond donors (Lipinski definition) is 1. The first-order valence-corrected chi connectivity index (χ1v) is 6.29. The van der Waals surface area contributed by atoms with Crippen LogP contribution in [0.25, 0.3) is 5.69 Å². The summed E-state index contributed by atoms with van der Waals surface area (Å²) in [6.45, 7) is 1.74. The number of hydrazone groups is 1. The number of rotatable bonds is 3. The first kappa shape index (κ1) is 15.0. The fourth-order valence-corrected chi connectivity index (χ4v) is 1.93. The average Bonchev–Trinajstić information content (AvgIpc) is 2.75. The van der Waals surface area contributed by atoms with Crippen molar-refractivity contribution in [3.05, 3.63) is 46.5 Å². The molecule has 2 rings (SSSR count). The Bertz CT molecular complexity index is 682. The summed E-state index contributed by atoms with van der Waals surface area (Å²) >= 11 is 6.22. The van der Waals surface area contributed by atoms with Gasteiger partial charge in [0.25, 0.3) is 0 Å². The van der Waals surface area contributed by atoms with E-state index in [2.05, 4.69) is 20.4 Å². The number of amides is 1. The van der Waals surface area contributed by atoms with Crippen molar-refractivity contribution in [2.75, 3.05) is 7.11 Å². The normalized spacial score (nSPS) is 10.9. The number of carbonyl (C=O) groups excluding carboxylic acids is 1. The van der Waals surface area contributed by atoms with Crippen molar-refractivity contribution >= 4 is 23.9 Å². The molecule has 0 aliphatic rings. The van der Waals surface area contributed by atoms with Gasteiger partial charge in [0.2, 0.25) is 0 Å². The molecule has 2 aromatic rings. The molecule has 1 amide bonds. The summed E-state index contributed by atoms with van der Waals surface area (Å²) in [5, 5.41) is 8.26.